The lowest BCUT2D eigenvalue weighted by Crippen LogP contribution is -2.35. The van der Waals surface area contributed by atoms with Crippen LogP contribution in [0.1, 0.15) is 125 Å². The zero-order valence-corrected chi connectivity index (χ0v) is 34.1. The van der Waals surface area contributed by atoms with Crippen LogP contribution in [0.2, 0.25) is 0 Å². The molecule has 3 aromatic rings. The van der Waals surface area contributed by atoms with E-state index in [1.165, 1.54) is 25.7 Å². The number of aliphatic imine (C=N–C) groups is 1. The number of nitrogens with one attached hydrogen (secondary N) is 1. The lowest BCUT2D eigenvalue weighted by molar-refractivity contribution is 0.0636. The van der Waals surface area contributed by atoms with Gasteiger partial charge in [-0.3, -0.25) is 10.3 Å². The van der Waals surface area contributed by atoms with Crippen LogP contribution in [0.4, 0.5) is 18.6 Å². The molecule has 2 N–H and O–H groups in total. The van der Waals surface area contributed by atoms with Gasteiger partial charge < -0.3 is 19.5 Å². The Morgan fingerprint density at radius 1 is 1.17 bits per heavy atom. The molecule has 1 unspecified atom stereocenters. The van der Waals surface area contributed by atoms with E-state index in [0.717, 1.165) is 28.7 Å². The van der Waals surface area contributed by atoms with Crippen LogP contribution in [0.3, 0.4) is 0 Å². The van der Waals surface area contributed by atoms with Gasteiger partial charge in [0.1, 0.15) is 28.3 Å². The minimum Gasteiger partial charge on any atom is -0.444 e. The number of aliphatic hydroxyl groups is 1. The first-order chi connectivity index (χ1) is 25.1. The third-order valence-electron chi connectivity index (χ3n) is 8.90. The number of amides is 1. The topological polar surface area (TPSA) is 120 Å². The minimum absolute atomic E-state index is 0.0365. The molecule has 5 rings (SSSR count). The van der Waals surface area contributed by atoms with E-state index < -0.39 is 29.4 Å². The number of hydrogen-bond donors (Lipinski definition) is 2. The Morgan fingerprint density at radius 3 is 2.34 bits per heavy atom. The summed E-state index contributed by atoms with van der Waals surface area (Å²) >= 11 is 0.864. The minimum atomic E-state index is -0.801. The van der Waals surface area contributed by atoms with Crippen LogP contribution in [-0.4, -0.2) is 51.7 Å². The highest BCUT2D eigenvalue weighted by atomic mass is 32.1. The molecule has 1 aromatic carbocycles. The number of rotatable bonds is 6. The standard InChI is InChI=1S/C33H37F2N5O4S.C5H12.C3H8/c1-8-16(2)25-20(10-37-18(4)40-12-17(3)24(41)13-40)21-14-43-15-22(21)26(28(25)35)29-27-19(9-36)31(39-32(42)44-33(5,6)7)45-30(27)23(34)11-38-29;1-3-5-4-2;1-3-2/h10-11,17,24,41H,8,12-15H2,1-7H3,(H,39,42);3-5H2,1-2H3;3H2,1-2H3/b20-10-,25-16?,37-18?;;/t17-,24?;;/m1../s1. The summed E-state index contributed by atoms with van der Waals surface area (Å²) in [6.07, 6.45) is 7.29. The van der Waals surface area contributed by atoms with Gasteiger partial charge in [0.2, 0.25) is 0 Å². The number of carbonyl (C=O) groups excluding carboxylic acids is 1. The number of fused-ring (bicyclic) bond motifs is 2. The number of β-amino-alcohol motifs (C(OH)–C–C–N with tert-alkyl or cyclic N) is 1. The molecule has 1 fully saturated rings. The largest absolute Gasteiger partial charge is 0.444 e. The predicted octanol–water partition coefficient (Wildman–Crippen LogP) is 9.15. The summed E-state index contributed by atoms with van der Waals surface area (Å²) in [5.74, 6) is -0.445. The Kier molecular flexibility index (Phi) is 15.9. The van der Waals surface area contributed by atoms with Crippen LogP contribution in [0.25, 0.3) is 33.1 Å². The third kappa shape index (κ3) is 10.4. The molecule has 290 valence electrons. The third-order valence-corrected chi connectivity index (χ3v) is 10.0. The van der Waals surface area contributed by atoms with Crippen LogP contribution < -0.4 is 15.8 Å². The lowest BCUT2D eigenvalue weighted by atomic mass is 9.92. The van der Waals surface area contributed by atoms with E-state index in [-0.39, 0.29) is 51.0 Å². The van der Waals surface area contributed by atoms with Crippen molar-refractivity contribution in [2.45, 2.75) is 133 Å². The van der Waals surface area contributed by atoms with Crippen molar-refractivity contribution in [1.82, 2.24) is 9.88 Å². The van der Waals surface area contributed by atoms with Crippen molar-refractivity contribution in [1.29, 1.82) is 5.26 Å². The van der Waals surface area contributed by atoms with Crippen LogP contribution in [0.15, 0.2) is 11.2 Å². The number of nitrogens with zero attached hydrogens (tertiary/aromatic N) is 4. The fraction of sp³-hybridized carbons (Fsp3) is 0.561. The van der Waals surface area contributed by atoms with Gasteiger partial charge in [0.25, 0.3) is 0 Å². The number of nitriles is 1. The molecular weight excluding hydrogens is 697 g/mol. The van der Waals surface area contributed by atoms with E-state index in [1.807, 2.05) is 32.6 Å². The second-order valence-electron chi connectivity index (χ2n) is 14.6. The van der Waals surface area contributed by atoms with Crippen molar-refractivity contribution >= 4 is 50.1 Å². The molecule has 53 heavy (non-hydrogen) atoms. The Bertz CT molecular complexity index is 1950. The first-order valence-corrected chi connectivity index (χ1v) is 19.5. The summed E-state index contributed by atoms with van der Waals surface area (Å²) in [7, 11) is 0. The van der Waals surface area contributed by atoms with Crippen molar-refractivity contribution in [2.24, 2.45) is 10.9 Å². The van der Waals surface area contributed by atoms with Gasteiger partial charge in [0.15, 0.2) is 5.82 Å². The highest BCUT2D eigenvalue weighted by Crippen LogP contribution is 2.43. The Morgan fingerprint density at radius 2 is 1.81 bits per heavy atom. The summed E-state index contributed by atoms with van der Waals surface area (Å²) in [4.78, 5) is 23.6. The van der Waals surface area contributed by atoms with Gasteiger partial charge in [-0.1, -0.05) is 72.8 Å². The van der Waals surface area contributed by atoms with Gasteiger partial charge in [-0.2, -0.15) is 5.26 Å². The van der Waals surface area contributed by atoms with E-state index >= 15 is 8.78 Å². The van der Waals surface area contributed by atoms with E-state index in [1.54, 1.807) is 27.0 Å². The second kappa shape index (κ2) is 19.4. The van der Waals surface area contributed by atoms with E-state index in [0.29, 0.717) is 41.3 Å². The molecule has 2 aliphatic rings. The number of aromatic nitrogens is 1. The molecule has 1 saturated heterocycles. The van der Waals surface area contributed by atoms with E-state index in [2.05, 4.69) is 44.1 Å². The highest BCUT2D eigenvalue weighted by molar-refractivity contribution is 7.23. The number of halogens is 2. The smallest absolute Gasteiger partial charge is 0.412 e. The number of amidine groups is 1. The predicted molar refractivity (Wildman–Crippen MR) is 212 cm³/mol. The van der Waals surface area contributed by atoms with E-state index in [9.17, 15) is 15.2 Å². The Labute approximate surface area is 317 Å². The van der Waals surface area contributed by atoms with Crippen molar-refractivity contribution in [2.75, 3.05) is 18.4 Å². The van der Waals surface area contributed by atoms with Gasteiger partial charge in [0, 0.05) is 46.6 Å². The summed E-state index contributed by atoms with van der Waals surface area (Å²) in [5.41, 5.74) is 1.43. The number of ether oxygens (including phenoxy) is 2. The van der Waals surface area contributed by atoms with Crippen LogP contribution in [-0.2, 0) is 22.7 Å². The highest BCUT2D eigenvalue weighted by Gasteiger charge is 2.31. The second-order valence-corrected chi connectivity index (χ2v) is 15.6. The van der Waals surface area contributed by atoms with Gasteiger partial charge in [-0.15, -0.1) is 11.3 Å². The number of likely N-dealkylation sites (tertiary alicyclic amines) is 1. The van der Waals surface area contributed by atoms with Crippen molar-refractivity contribution in [3.05, 3.63) is 45.0 Å². The van der Waals surface area contributed by atoms with Crippen molar-refractivity contribution in [3.8, 4) is 17.3 Å². The molecule has 0 bridgehead atoms. The lowest BCUT2D eigenvalue weighted by Gasteiger charge is -2.19. The van der Waals surface area contributed by atoms with Gasteiger partial charge in [0.05, 0.1) is 41.5 Å². The van der Waals surface area contributed by atoms with Crippen molar-refractivity contribution in [3.63, 3.8) is 0 Å². The number of unbranched alkanes of at least 4 members (excludes halogenated alkanes) is 2. The molecular formula is C41H57F2N5O4S. The summed E-state index contributed by atoms with van der Waals surface area (Å²) in [6.45, 7) is 22.8. The zero-order valence-electron chi connectivity index (χ0n) is 33.3. The Hall–Kier alpha value is -3.92. The molecule has 2 aliphatic heterocycles. The van der Waals surface area contributed by atoms with Gasteiger partial charge in [-0.25, -0.2) is 18.6 Å². The fourth-order valence-corrected chi connectivity index (χ4v) is 7.10. The zero-order chi connectivity index (χ0) is 39.6. The average Bonchev–Trinajstić information content (AvgIpc) is 3.81. The molecule has 0 saturated carbocycles. The number of thiophene rings is 1. The summed E-state index contributed by atoms with van der Waals surface area (Å²) < 4.78 is 43.5. The van der Waals surface area contributed by atoms with Gasteiger partial charge in [-0.05, 0) is 52.2 Å². The number of carbonyl (C=O) groups is 1. The molecule has 0 aliphatic carbocycles. The molecule has 9 nitrogen and oxygen atoms in total. The first-order valence-electron chi connectivity index (χ1n) is 18.7. The maximum absolute atomic E-state index is 17.0. The molecule has 4 heterocycles. The number of aliphatic hydroxyl groups excluding tert-OH is 1. The molecule has 1 amide bonds. The van der Waals surface area contributed by atoms with Crippen molar-refractivity contribution < 1.29 is 28.2 Å². The average molecular weight is 754 g/mol. The van der Waals surface area contributed by atoms with Crippen LogP contribution in [0.5, 0.6) is 0 Å². The summed E-state index contributed by atoms with van der Waals surface area (Å²) in [5, 5.41) is 24.1. The monoisotopic (exact) mass is 753 g/mol. The number of pyridine rings is 1. The van der Waals surface area contributed by atoms with Gasteiger partial charge >= 0.3 is 6.09 Å². The van der Waals surface area contributed by atoms with Crippen LogP contribution in [0, 0.1) is 28.9 Å². The molecule has 12 heteroatoms. The molecule has 2 aromatic heterocycles. The fourth-order valence-electron chi connectivity index (χ4n) is 6.06. The molecule has 0 spiro atoms. The number of hydrogen-bond acceptors (Lipinski definition) is 8. The summed E-state index contributed by atoms with van der Waals surface area (Å²) in [6, 6.07) is 2.07. The SMILES string of the molecule is CCC.CCC(C)=c1c(F)c(-c2ncc(F)c3sc(NC(=O)OC(C)(C)C)c(C#N)c23)c2c(/c1=C/N=C(C)N1CC(O)[C@H](C)C1)COC2.CCCCC. The molecule has 0 radical (unpaired) electrons. The maximum Gasteiger partial charge on any atom is 0.412 e. The number of benzene rings is 1. The first kappa shape index (κ1) is 43.5. The quantitative estimate of drug-likeness (QED) is 0.190. The Balaban J connectivity index is 0.000000859. The van der Waals surface area contributed by atoms with Crippen LogP contribution >= 0.6 is 11.3 Å². The number of anilines is 1. The normalized spacial score (nSPS) is 17.8. The van der Waals surface area contributed by atoms with E-state index in [4.69, 9.17) is 14.5 Å². The molecule has 2 atom stereocenters. The maximum atomic E-state index is 17.0.